The second kappa shape index (κ2) is 8.44. The van der Waals surface area contributed by atoms with E-state index in [0.29, 0.717) is 11.3 Å². The maximum atomic E-state index is 11.8. The summed E-state index contributed by atoms with van der Waals surface area (Å²) >= 11 is 0. The molecule has 0 radical (unpaired) electrons. The molecule has 8 heteroatoms. The number of nitrogens with zero attached hydrogens (tertiary/aromatic N) is 2. The van der Waals surface area contributed by atoms with Crippen LogP contribution in [0.5, 0.6) is 5.75 Å². The van der Waals surface area contributed by atoms with Gasteiger partial charge in [-0.25, -0.2) is 5.43 Å². The van der Waals surface area contributed by atoms with Crippen molar-refractivity contribution in [2.45, 2.75) is 6.92 Å². The second-order valence-electron chi connectivity index (χ2n) is 5.20. The molecule has 0 aliphatic heterocycles. The largest absolute Gasteiger partial charge is 0.496 e. The van der Waals surface area contributed by atoms with Gasteiger partial charge in [0.25, 0.3) is 11.6 Å². The molecule has 25 heavy (non-hydrogen) atoms. The predicted molar refractivity (Wildman–Crippen MR) is 95.1 cm³/mol. The fraction of sp³-hybridized carbons (Fsp3) is 0.176. The summed E-state index contributed by atoms with van der Waals surface area (Å²) in [6.07, 6.45) is 1.30. The molecule has 8 nitrogen and oxygen atoms in total. The standard InChI is InChI=1S/C17H18N4O4/c1-12-4-3-5-14(8-12)18-11-17(22)20-19-10-13-9-15(21(23)24)6-7-16(13)25-2/h3-10,18H,11H2,1-2H3,(H,20,22)/b19-10-. The van der Waals surface area contributed by atoms with Gasteiger partial charge >= 0.3 is 0 Å². The lowest BCUT2D eigenvalue weighted by atomic mass is 10.2. The number of methoxy groups -OCH3 is 1. The molecule has 0 aliphatic carbocycles. The molecule has 0 fully saturated rings. The van der Waals surface area contributed by atoms with Crippen LogP contribution in [0.4, 0.5) is 11.4 Å². The van der Waals surface area contributed by atoms with Crippen LogP contribution in [-0.2, 0) is 4.79 Å². The predicted octanol–water partition coefficient (Wildman–Crippen LogP) is 2.47. The van der Waals surface area contributed by atoms with E-state index in [-0.39, 0.29) is 18.1 Å². The van der Waals surface area contributed by atoms with Crippen molar-refractivity contribution >= 4 is 23.5 Å². The fourth-order valence-corrected chi connectivity index (χ4v) is 2.09. The number of hydrogen-bond acceptors (Lipinski definition) is 6. The first-order valence-corrected chi connectivity index (χ1v) is 7.44. The summed E-state index contributed by atoms with van der Waals surface area (Å²) in [5, 5.41) is 17.6. The molecular weight excluding hydrogens is 324 g/mol. The smallest absolute Gasteiger partial charge is 0.270 e. The van der Waals surface area contributed by atoms with Gasteiger partial charge in [-0.15, -0.1) is 0 Å². The van der Waals surface area contributed by atoms with E-state index in [9.17, 15) is 14.9 Å². The molecule has 0 saturated carbocycles. The maximum Gasteiger partial charge on any atom is 0.270 e. The van der Waals surface area contributed by atoms with E-state index in [2.05, 4.69) is 15.8 Å². The zero-order valence-electron chi connectivity index (χ0n) is 13.9. The number of nitro benzene ring substituents is 1. The molecule has 2 aromatic carbocycles. The number of amides is 1. The number of aryl methyl sites for hydroxylation is 1. The summed E-state index contributed by atoms with van der Waals surface area (Å²) < 4.78 is 5.12. The molecular formula is C17H18N4O4. The SMILES string of the molecule is COc1ccc([N+](=O)[O-])cc1/C=N\NC(=O)CNc1cccc(C)c1. The normalized spacial score (nSPS) is 10.5. The van der Waals surface area contributed by atoms with Crippen LogP contribution in [0.3, 0.4) is 0 Å². The minimum atomic E-state index is -0.513. The Kier molecular flexibility index (Phi) is 6.05. The third-order valence-electron chi connectivity index (χ3n) is 3.29. The Morgan fingerprint density at radius 3 is 2.80 bits per heavy atom. The lowest BCUT2D eigenvalue weighted by molar-refractivity contribution is -0.384. The Bertz CT molecular complexity index is 805. The third-order valence-corrected chi connectivity index (χ3v) is 3.29. The highest BCUT2D eigenvalue weighted by atomic mass is 16.6. The molecule has 2 rings (SSSR count). The number of anilines is 1. The van der Waals surface area contributed by atoms with Crippen LogP contribution in [0.2, 0.25) is 0 Å². The fourth-order valence-electron chi connectivity index (χ4n) is 2.09. The Labute approximate surface area is 144 Å². The van der Waals surface area contributed by atoms with Crippen molar-refractivity contribution in [3.8, 4) is 5.75 Å². The van der Waals surface area contributed by atoms with Crippen LogP contribution in [-0.4, -0.2) is 30.7 Å². The average Bonchev–Trinajstić information content (AvgIpc) is 2.60. The monoisotopic (exact) mass is 342 g/mol. The Morgan fingerprint density at radius 1 is 1.32 bits per heavy atom. The van der Waals surface area contributed by atoms with E-state index in [4.69, 9.17) is 4.74 Å². The van der Waals surface area contributed by atoms with E-state index >= 15 is 0 Å². The number of carbonyl (C=O) groups is 1. The molecule has 0 saturated heterocycles. The van der Waals surface area contributed by atoms with Crippen molar-refractivity contribution in [3.05, 3.63) is 63.7 Å². The van der Waals surface area contributed by atoms with Gasteiger partial charge < -0.3 is 10.1 Å². The zero-order chi connectivity index (χ0) is 18.2. The van der Waals surface area contributed by atoms with Crippen molar-refractivity contribution in [1.82, 2.24) is 5.43 Å². The molecule has 2 N–H and O–H groups in total. The van der Waals surface area contributed by atoms with Crippen molar-refractivity contribution < 1.29 is 14.5 Å². The van der Waals surface area contributed by atoms with E-state index < -0.39 is 4.92 Å². The Morgan fingerprint density at radius 2 is 2.12 bits per heavy atom. The summed E-state index contributed by atoms with van der Waals surface area (Å²) in [5.41, 5.74) is 4.58. The average molecular weight is 342 g/mol. The maximum absolute atomic E-state index is 11.8. The van der Waals surface area contributed by atoms with Crippen LogP contribution in [0.1, 0.15) is 11.1 Å². The van der Waals surface area contributed by atoms with E-state index in [1.54, 1.807) is 0 Å². The molecule has 0 heterocycles. The van der Waals surface area contributed by atoms with Crippen molar-refractivity contribution in [1.29, 1.82) is 0 Å². The topological polar surface area (TPSA) is 106 Å². The van der Waals surface area contributed by atoms with Gasteiger partial charge in [0, 0.05) is 23.4 Å². The molecule has 0 aromatic heterocycles. The molecule has 0 aliphatic rings. The van der Waals surface area contributed by atoms with Gasteiger partial charge in [0.05, 0.1) is 24.8 Å². The summed E-state index contributed by atoms with van der Waals surface area (Å²) in [6, 6.07) is 11.8. The highest BCUT2D eigenvalue weighted by Crippen LogP contribution is 2.22. The Hall–Kier alpha value is -3.42. The van der Waals surface area contributed by atoms with E-state index in [1.807, 2.05) is 31.2 Å². The number of nitro groups is 1. The van der Waals surface area contributed by atoms with Crippen LogP contribution in [0, 0.1) is 17.0 Å². The van der Waals surface area contributed by atoms with Crippen molar-refractivity contribution in [3.63, 3.8) is 0 Å². The highest BCUT2D eigenvalue weighted by molar-refractivity contribution is 5.87. The van der Waals surface area contributed by atoms with E-state index in [1.165, 1.54) is 31.5 Å². The van der Waals surface area contributed by atoms with Gasteiger partial charge in [-0.3, -0.25) is 14.9 Å². The second-order valence-corrected chi connectivity index (χ2v) is 5.20. The molecule has 0 atom stereocenters. The van der Waals surface area contributed by atoms with Gasteiger partial charge in [-0.05, 0) is 30.7 Å². The van der Waals surface area contributed by atoms with Crippen LogP contribution in [0.15, 0.2) is 47.6 Å². The lowest BCUT2D eigenvalue weighted by Crippen LogP contribution is -2.25. The highest BCUT2D eigenvalue weighted by Gasteiger charge is 2.10. The van der Waals surface area contributed by atoms with Crippen LogP contribution < -0.4 is 15.5 Å². The van der Waals surface area contributed by atoms with Crippen LogP contribution >= 0.6 is 0 Å². The molecule has 1 amide bonds. The molecule has 0 spiro atoms. The number of benzene rings is 2. The summed E-state index contributed by atoms with van der Waals surface area (Å²) in [5.74, 6) is 0.0728. The quantitative estimate of drug-likeness (QED) is 0.457. The summed E-state index contributed by atoms with van der Waals surface area (Å²) in [7, 11) is 1.45. The Balaban J connectivity index is 1.94. The minimum absolute atomic E-state index is 0.0485. The lowest BCUT2D eigenvalue weighted by Gasteiger charge is -2.06. The van der Waals surface area contributed by atoms with Crippen molar-refractivity contribution in [2.75, 3.05) is 19.0 Å². The van der Waals surface area contributed by atoms with Gasteiger partial charge in [-0.1, -0.05) is 12.1 Å². The van der Waals surface area contributed by atoms with E-state index in [0.717, 1.165) is 11.3 Å². The first-order valence-electron chi connectivity index (χ1n) is 7.44. The molecule has 0 bridgehead atoms. The number of hydrazone groups is 1. The van der Waals surface area contributed by atoms with Gasteiger partial charge in [0.2, 0.25) is 0 Å². The molecule has 0 unspecified atom stereocenters. The van der Waals surface area contributed by atoms with Crippen molar-refractivity contribution in [2.24, 2.45) is 5.10 Å². The number of non-ortho nitro benzene ring substituents is 1. The third kappa shape index (κ3) is 5.31. The minimum Gasteiger partial charge on any atom is -0.496 e. The number of nitrogens with one attached hydrogen (secondary N) is 2. The summed E-state index contributed by atoms with van der Waals surface area (Å²) in [4.78, 5) is 22.1. The number of ether oxygens (including phenoxy) is 1. The zero-order valence-corrected chi connectivity index (χ0v) is 13.9. The first-order chi connectivity index (χ1) is 12.0. The first kappa shape index (κ1) is 17.9. The van der Waals surface area contributed by atoms with Gasteiger partial charge in [0.1, 0.15) is 5.75 Å². The molecule has 130 valence electrons. The number of carbonyl (C=O) groups excluding carboxylic acids is 1. The number of rotatable bonds is 7. The van der Waals surface area contributed by atoms with Gasteiger partial charge in [-0.2, -0.15) is 5.10 Å². The molecule has 2 aromatic rings. The number of hydrogen-bond donors (Lipinski definition) is 2. The van der Waals surface area contributed by atoms with Crippen LogP contribution in [0.25, 0.3) is 0 Å². The van der Waals surface area contributed by atoms with Gasteiger partial charge in [0.15, 0.2) is 0 Å². The summed E-state index contributed by atoms with van der Waals surface area (Å²) in [6.45, 7) is 2.01.